The molecule has 1 aliphatic rings. The number of hydrazone groups is 1. The van der Waals surface area contributed by atoms with Crippen molar-refractivity contribution in [1.29, 1.82) is 0 Å². The van der Waals surface area contributed by atoms with Crippen molar-refractivity contribution in [3.8, 4) is 0 Å². The summed E-state index contributed by atoms with van der Waals surface area (Å²) in [6.07, 6.45) is 0.948. The summed E-state index contributed by atoms with van der Waals surface area (Å²) in [7, 11) is 0. The predicted molar refractivity (Wildman–Crippen MR) is 80.2 cm³/mol. The SMILES string of the molecule is NCC1=NN(Cc2ccccc2)C(c2cccs2)C1. The van der Waals surface area contributed by atoms with E-state index in [0.717, 1.165) is 18.7 Å². The maximum atomic E-state index is 5.75. The molecule has 2 aromatic rings. The molecule has 1 aliphatic heterocycles. The molecular formula is C15H17N3S. The van der Waals surface area contributed by atoms with E-state index < -0.39 is 0 Å². The lowest BCUT2D eigenvalue weighted by Gasteiger charge is -2.22. The minimum Gasteiger partial charge on any atom is -0.325 e. The van der Waals surface area contributed by atoms with Gasteiger partial charge in [-0.15, -0.1) is 11.3 Å². The minimum atomic E-state index is 0.346. The van der Waals surface area contributed by atoms with Crippen LogP contribution in [0.25, 0.3) is 0 Å². The molecule has 1 aromatic heterocycles. The van der Waals surface area contributed by atoms with Crippen LogP contribution < -0.4 is 5.73 Å². The quantitative estimate of drug-likeness (QED) is 0.928. The Balaban J connectivity index is 1.82. The van der Waals surface area contributed by atoms with Crippen LogP contribution in [0.5, 0.6) is 0 Å². The molecule has 2 heterocycles. The van der Waals surface area contributed by atoms with E-state index in [9.17, 15) is 0 Å². The third-order valence-electron chi connectivity index (χ3n) is 3.35. The first-order chi connectivity index (χ1) is 9.36. The average Bonchev–Trinajstić information content (AvgIpc) is 3.08. The smallest absolute Gasteiger partial charge is 0.0869 e. The zero-order chi connectivity index (χ0) is 13.1. The van der Waals surface area contributed by atoms with E-state index in [1.807, 2.05) is 6.07 Å². The predicted octanol–water partition coefficient (Wildman–Crippen LogP) is 3.01. The summed E-state index contributed by atoms with van der Waals surface area (Å²) in [5.41, 5.74) is 8.13. The highest BCUT2D eigenvalue weighted by atomic mass is 32.1. The molecule has 0 saturated heterocycles. The molecule has 3 nitrogen and oxygen atoms in total. The molecule has 0 amide bonds. The number of benzene rings is 1. The zero-order valence-electron chi connectivity index (χ0n) is 10.7. The van der Waals surface area contributed by atoms with Crippen molar-refractivity contribution < 1.29 is 0 Å². The van der Waals surface area contributed by atoms with Crippen molar-refractivity contribution in [3.63, 3.8) is 0 Å². The Hall–Kier alpha value is -1.65. The molecule has 1 unspecified atom stereocenters. The molecule has 0 fully saturated rings. The molecule has 1 atom stereocenters. The van der Waals surface area contributed by atoms with Gasteiger partial charge in [-0.1, -0.05) is 36.4 Å². The number of hydrogen-bond donors (Lipinski definition) is 1. The highest BCUT2D eigenvalue weighted by Crippen LogP contribution is 2.34. The van der Waals surface area contributed by atoms with E-state index in [-0.39, 0.29) is 0 Å². The van der Waals surface area contributed by atoms with E-state index in [4.69, 9.17) is 5.73 Å². The van der Waals surface area contributed by atoms with Crippen LogP contribution in [-0.4, -0.2) is 17.3 Å². The molecule has 2 N–H and O–H groups in total. The molecule has 1 aromatic carbocycles. The van der Waals surface area contributed by atoms with Gasteiger partial charge < -0.3 is 5.73 Å². The van der Waals surface area contributed by atoms with Crippen molar-refractivity contribution >= 4 is 17.0 Å². The summed E-state index contributed by atoms with van der Waals surface area (Å²) in [5.74, 6) is 0. The maximum Gasteiger partial charge on any atom is 0.0869 e. The van der Waals surface area contributed by atoms with Gasteiger partial charge in [0.25, 0.3) is 0 Å². The summed E-state index contributed by atoms with van der Waals surface area (Å²) in [5, 5.41) is 8.96. The van der Waals surface area contributed by atoms with Crippen LogP contribution >= 0.6 is 11.3 Å². The standard InChI is InChI=1S/C15H17N3S/c16-10-13-9-14(15-7-4-8-19-15)18(17-13)11-12-5-2-1-3-6-12/h1-8,14H,9-11,16H2. The topological polar surface area (TPSA) is 41.6 Å². The van der Waals surface area contributed by atoms with Crippen molar-refractivity contribution in [1.82, 2.24) is 5.01 Å². The van der Waals surface area contributed by atoms with Crippen molar-refractivity contribution in [2.45, 2.75) is 19.0 Å². The van der Waals surface area contributed by atoms with Crippen LogP contribution in [0.2, 0.25) is 0 Å². The Kier molecular flexibility index (Phi) is 3.62. The molecule has 98 valence electrons. The van der Waals surface area contributed by atoms with Gasteiger partial charge in [0.05, 0.1) is 18.3 Å². The molecular weight excluding hydrogens is 254 g/mol. The third kappa shape index (κ3) is 2.69. The first-order valence-electron chi connectivity index (χ1n) is 6.47. The first-order valence-corrected chi connectivity index (χ1v) is 7.35. The normalized spacial score (nSPS) is 18.7. The van der Waals surface area contributed by atoms with Crippen LogP contribution in [-0.2, 0) is 6.54 Å². The van der Waals surface area contributed by atoms with Crippen LogP contribution in [0.15, 0.2) is 52.9 Å². The second-order valence-electron chi connectivity index (χ2n) is 4.69. The second-order valence-corrected chi connectivity index (χ2v) is 5.67. The van der Waals surface area contributed by atoms with E-state index in [0.29, 0.717) is 12.6 Å². The Morgan fingerprint density at radius 1 is 1.21 bits per heavy atom. The molecule has 0 saturated carbocycles. The van der Waals surface area contributed by atoms with Crippen molar-refractivity contribution in [3.05, 3.63) is 58.3 Å². The number of nitrogens with two attached hydrogens (primary N) is 1. The zero-order valence-corrected chi connectivity index (χ0v) is 11.5. The summed E-state index contributed by atoms with van der Waals surface area (Å²) in [6.45, 7) is 1.39. The van der Waals surface area contributed by atoms with Gasteiger partial charge in [-0.3, -0.25) is 5.01 Å². The van der Waals surface area contributed by atoms with E-state index >= 15 is 0 Å². The van der Waals surface area contributed by atoms with E-state index in [1.165, 1.54) is 10.4 Å². The molecule has 0 radical (unpaired) electrons. The number of nitrogens with zero attached hydrogens (tertiary/aromatic N) is 2. The lowest BCUT2D eigenvalue weighted by atomic mass is 10.1. The van der Waals surface area contributed by atoms with Gasteiger partial charge in [0.1, 0.15) is 0 Å². The van der Waals surface area contributed by atoms with Crippen LogP contribution in [0.1, 0.15) is 22.9 Å². The monoisotopic (exact) mass is 271 g/mol. The van der Waals surface area contributed by atoms with Gasteiger partial charge in [-0.2, -0.15) is 5.10 Å². The Bertz CT molecular complexity index is 548. The van der Waals surface area contributed by atoms with Crippen LogP contribution in [0.4, 0.5) is 0 Å². The summed E-state index contributed by atoms with van der Waals surface area (Å²) < 4.78 is 0. The highest BCUT2D eigenvalue weighted by Gasteiger charge is 2.27. The van der Waals surface area contributed by atoms with Crippen molar-refractivity contribution in [2.24, 2.45) is 10.8 Å². The Morgan fingerprint density at radius 3 is 2.74 bits per heavy atom. The number of rotatable bonds is 4. The fraction of sp³-hybridized carbons (Fsp3) is 0.267. The molecule has 0 aliphatic carbocycles. The summed E-state index contributed by atoms with van der Waals surface area (Å²) in [4.78, 5) is 1.36. The summed E-state index contributed by atoms with van der Waals surface area (Å²) >= 11 is 1.79. The van der Waals surface area contributed by atoms with Gasteiger partial charge in [0, 0.05) is 17.8 Å². The van der Waals surface area contributed by atoms with Gasteiger partial charge in [-0.05, 0) is 17.0 Å². The van der Waals surface area contributed by atoms with Crippen LogP contribution in [0, 0.1) is 0 Å². The molecule has 0 bridgehead atoms. The van der Waals surface area contributed by atoms with Gasteiger partial charge >= 0.3 is 0 Å². The second kappa shape index (κ2) is 5.55. The average molecular weight is 271 g/mol. The largest absolute Gasteiger partial charge is 0.325 e. The molecule has 19 heavy (non-hydrogen) atoms. The van der Waals surface area contributed by atoms with Gasteiger partial charge in [0.15, 0.2) is 0 Å². The molecule has 0 spiro atoms. The number of hydrogen-bond acceptors (Lipinski definition) is 4. The molecule has 3 rings (SSSR count). The summed E-state index contributed by atoms with van der Waals surface area (Å²) in [6, 6.07) is 15.1. The lowest BCUT2D eigenvalue weighted by molar-refractivity contribution is 0.227. The molecule has 4 heteroatoms. The third-order valence-corrected chi connectivity index (χ3v) is 4.33. The first kappa shape index (κ1) is 12.4. The Morgan fingerprint density at radius 2 is 2.05 bits per heavy atom. The maximum absolute atomic E-state index is 5.75. The highest BCUT2D eigenvalue weighted by molar-refractivity contribution is 7.10. The van der Waals surface area contributed by atoms with Crippen LogP contribution in [0.3, 0.4) is 0 Å². The van der Waals surface area contributed by atoms with E-state index in [2.05, 4.69) is 51.9 Å². The van der Waals surface area contributed by atoms with Gasteiger partial charge in [-0.25, -0.2) is 0 Å². The fourth-order valence-electron chi connectivity index (χ4n) is 2.39. The van der Waals surface area contributed by atoms with E-state index in [1.54, 1.807) is 11.3 Å². The fourth-order valence-corrected chi connectivity index (χ4v) is 3.22. The Labute approximate surface area is 117 Å². The van der Waals surface area contributed by atoms with Crippen molar-refractivity contribution in [2.75, 3.05) is 6.54 Å². The minimum absolute atomic E-state index is 0.346. The number of thiophene rings is 1. The lowest BCUT2D eigenvalue weighted by Crippen LogP contribution is -2.18. The van der Waals surface area contributed by atoms with Gasteiger partial charge in [0.2, 0.25) is 0 Å².